The third-order valence-corrected chi connectivity index (χ3v) is 3.54. The van der Waals surface area contributed by atoms with E-state index in [4.69, 9.17) is 5.11 Å². The summed E-state index contributed by atoms with van der Waals surface area (Å²) in [6.45, 7) is 2.84. The largest absolute Gasteiger partial charge is 0.481 e. The standard InChI is InChI=1S/C12H20N4O2/c1-15-11(13-9-14-15)8-16-6-2-3-10(7-16)4-5-12(17)18/h9-10H,2-8H2,1H3,(H,17,18). The van der Waals surface area contributed by atoms with E-state index in [1.165, 1.54) is 0 Å². The summed E-state index contributed by atoms with van der Waals surface area (Å²) >= 11 is 0. The van der Waals surface area contributed by atoms with Gasteiger partial charge in [-0.15, -0.1) is 0 Å². The first-order valence-corrected chi connectivity index (χ1v) is 6.42. The van der Waals surface area contributed by atoms with E-state index in [9.17, 15) is 4.79 Å². The Bertz CT molecular complexity index is 405. The van der Waals surface area contributed by atoms with Crippen molar-refractivity contribution >= 4 is 5.97 Å². The summed E-state index contributed by atoms with van der Waals surface area (Å²) in [6, 6.07) is 0. The molecule has 1 saturated heterocycles. The maximum absolute atomic E-state index is 10.6. The highest BCUT2D eigenvalue weighted by molar-refractivity contribution is 5.66. The van der Waals surface area contributed by atoms with Gasteiger partial charge in [-0.1, -0.05) is 0 Å². The number of hydrogen-bond acceptors (Lipinski definition) is 4. The summed E-state index contributed by atoms with van der Waals surface area (Å²) in [5.41, 5.74) is 0. The molecule has 1 aromatic heterocycles. The fourth-order valence-electron chi connectivity index (χ4n) is 2.52. The van der Waals surface area contributed by atoms with Gasteiger partial charge in [-0.3, -0.25) is 14.4 Å². The van der Waals surface area contributed by atoms with Crippen LogP contribution in [0.3, 0.4) is 0 Å². The molecule has 6 heteroatoms. The Morgan fingerprint density at radius 2 is 2.44 bits per heavy atom. The highest BCUT2D eigenvalue weighted by Gasteiger charge is 2.21. The van der Waals surface area contributed by atoms with Gasteiger partial charge in [0.15, 0.2) is 0 Å². The lowest BCUT2D eigenvalue weighted by Crippen LogP contribution is -2.35. The molecule has 0 amide bonds. The predicted molar refractivity (Wildman–Crippen MR) is 65.9 cm³/mol. The molecule has 1 N–H and O–H groups in total. The first-order chi connectivity index (χ1) is 8.65. The molecule has 0 saturated carbocycles. The number of aryl methyl sites for hydroxylation is 1. The molecular weight excluding hydrogens is 232 g/mol. The second-order valence-electron chi connectivity index (χ2n) is 4.98. The van der Waals surface area contributed by atoms with Crippen molar-refractivity contribution in [1.29, 1.82) is 0 Å². The van der Waals surface area contributed by atoms with Crippen LogP contribution < -0.4 is 0 Å². The van der Waals surface area contributed by atoms with Crippen molar-refractivity contribution in [2.45, 2.75) is 32.2 Å². The van der Waals surface area contributed by atoms with Crippen LogP contribution in [-0.4, -0.2) is 43.8 Å². The molecule has 2 heterocycles. The number of rotatable bonds is 5. The molecule has 1 atom stereocenters. The average Bonchev–Trinajstić information content (AvgIpc) is 2.73. The lowest BCUT2D eigenvalue weighted by atomic mass is 9.93. The zero-order chi connectivity index (χ0) is 13.0. The maximum atomic E-state index is 10.6. The lowest BCUT2D eigenvalue weighted by molar-refractivity contribution is -0.137. The topological polar surface area (TPSA) is 71.2 Å². The number of piperidine rings is 1. The molecule has 2 rings (SSSR count). The molecule has 1 aliphatic heterocycles. The number of hydrogen-bond donors (Lipinski definition) is 1. The summed E-state index contributed by atoms with van der Waals surface area (Å²) in [6.07, 6.45) is 4.92. The Labute approximate surface area is 107 Å². The zero-order valence-corrected chi connectivity index (χ0v) is 10.7. The molecule has 1 aliphatic rings. The number of aromatic nitrogens is 3. The predicted octanol–water partition coefficient (Wildman–Crippen LogP) is 0.892. The summed E-state index contributed by atoms with van der Waals surface area (Å²) in [4.78, 5) is 17.2. The van der Waals surface area contributed by atoms with Gasteiger partial charge in [0.2, 0.25) is 0 Å². The molecule has 0 aromatic carbocycles. The van der Waals surface area contributed by atoms with Gasteiger partial charge in [0.05, 0.1) is 6.54 Å². The minimum absolute atomic E-state index is 0.280. The van der Waals surface area contributed by atoms with Crippen LogP contribution >= 0.6 is 0 Å². The summed E-state index contributed by atoms with van der Waals surface area (Å²) in [5, 5.41) is 12.8. The van der Waals surface area contributed by atoms with Gasteiger partial charge >= 0.3 is 5.97 Å². The Morgan fingerprint density at radius 1 is 1.61 bits per heavy atom. The first-order valence-electron chi connectivity index (χ1n) is 6.42. The summed E-state index contributed by atoms with van der Waals surface area (Å²) in [5.74, 6) is 0.775. The second kappa shape index (κ2) is 5.95. The van der Waals surface area contributed by atoms with Crippen LogP contribution in [0.2, 0.25) is 0 Å². The SMILES string of the molecule is Cn1ncnc1CN1CCCC(CCC(=O)O)C1. The van der Waals surface area contributed by atoms with Gasteiger partial charge in [-0.2, -0.15) is 5.10 Å². The number of nitrogens with zero attached hydrogens (tertiary/aromatic N) is 4. The van der Waals surface area contributed by atoms with E-state index in [-0.39, 0.29) is 6.42 Å². The monoisotopic (exact) mass is 252 g/mol. The van der Waals surface area contributed by atoms with Crippen molar-refractivity contribution in [3.63, 3.8) is 0 Å². The third kappa shape index (κ3) is 3.53. The van der Waals surface area contributed by atoms with Crippen molar-refractivity contribution in [3.05, 3.63) is 12.2 Å². The van der Waals surface area contributed by atoms with Gasteiger partial charge in [0.25, 0.3) is 0 Å². The molecule has 1 aromatic rings. The molecular formula is C12H20N4O2. The van der Waals surface area contributed by atoms with E-state index in [2.05, 4.69) is 15.0 Å². The van der Waals surface area contributed by atoms with Crippen molar-refractivity contribution in [3.8, 4) is 0 Å². The van der Waals surface area contributed by atoms with Crippen LogP contribution in [0.5, 0.6) is 0 Å². The molecule has 1 fully saturated rings. The van der Waals surface area contributed by atoms with Crippen molar-refractivity contribution < 1.29 is 9.90 Å². The number of likely N-dealkylation sites (tertiary alicyclic amines) is 1. The Balaban J connectivity index is 1.83. The van der Waals surface area contributed by atoms with Crippen LogP contribution in [0, 0.1) is 5.92 Å². The van der Waals surface area contributed by atoms with Crippen molar-refractivity contribution in [1.82, 2.24) is 19.7 Å². The normalized spacial score (nSPS) is 21.1. The quantitative estimate of drug-likeness (QED) is 0.842. The van der Waals surface area contributed by atoms with Gasteiger partial charge in [-0.05, 0) is 31.7 Å². The van der Waals surface area contributed by atoms with Crippen molar-refractivity contribution in [2.75, 3.05) is 13.1 Å². The van der Waals surface area contributed by atoms with E-state index >= 15 is 0 Å². The van der Waals surface area contributed by atoms with E-state index in [1.54, 1.807) is 11.0 Å². The van der Waals surface area contributed by atoms with E-state index in [0.717, 1.165) is 44.7 Å². The van der Waals surface area contributed by atoms with Gasteiger partial charge in [0.1, 0.15) is 12.2 Å². The first kappa shape index (κ1) is 13.0. The molecule has 0 spiro atoms. The van der Waals surface area contributed by atoms with E-state index in [0.29, 0.717) is 5.92 Å². The van der Waals surface area contributed by atoms with Crippen LogP contribution in [-0.2, 0) is 18.4 Å². The zero-order valence-electron chi connectivity index (χ0n) is 10.7. The van der Waals surface area contributed by atoms with Crippen LogP contribution in [0.1, 0.15) is 31.5 Å². The number of carbonyl (C=O) groups is 1. The van der Waals surface area contributed by atoms with Crippen LogP contribution in [0.15, 0.2) is 6.33 Å². The molecule has 0 bridgehead atoms. The molecule has 0 radical (unpaired) electrons. The Kier molecular flexibility index (Phi) is 4.30. The van der Waals surface area contributed by atoms with Gasteiger partial charge in [0, 0.05) is 20.0 Å². The minimum atomic E-state index is -0.694. The smallest absolute Gasteiger partial charge is 0.303 e. The van der Waals surface area contributed by atoms with Gasteiger partial charge in [-0.25, -0.2) is 4.98 Å². The summed E-state index contributed by atoms with van der Waals surface area (Å²) in [7, 11) is 1.90. The van der Waals surface area contributed by atoms with E-state index in [1.807, 2.05) is 7.05 Å². The van der Waals surface area contributed by atoms with Gasteiger partial charge < -0.3 is 5.11 Å². The van der Waals surface area contributed by atoms with Crippen molar-refractivity contribution in [2.24, 2.45) is 13.0 Å². The molecule has 0 aliphatic carbocycles. The highest BCUT2D eigenvalue weighted by Crippen LogP contribution is 2.21. The maximum Gasteiger partial charge on any atom is 0.303 e. The minimum Gasteiger partial charge on any atom is -0.481 e. The summed E-state index contributed by atoms with van der Waals surface area (Å²) < 4.78 is 1.79. The second-order valence-corrected chi connectivity index (χ2v) is 4.98. The average molecular weight is 252 g/mol. The third-order valence-electron chi connectivity index (χ3n) is 3.54. The Morgan fingerprint density at radius 3 is 3.11 bits per heavy atom. The molecule has 6 nitrogen and oxygen atoms in total. The van der Waals surface area contributed by atoms with Crippen LogP contribution in [0.4, 0.5) is 0 Å². The molecule has 1 unspecified atom stereocenters. The van der Waals surface area contributed by atoms with E-state index < -0.39 is 5.97 Å². The Hall–Kier alpha value is -1.43. The number of aliphatic carboxylic acids is 1. The molecule has 100 valence electrons. The fourth-order valence-corrected chi connectivity index (χ4v) is 2.52. The fraction of sp³-hybridized carbons (Fsp3) is 0.750. The lowest BCUT2D eigenvalue weighted by Gasteiger charge is -2.32. The number of carboxylic acids is 1. The number of carboxylic acid groups (broad SMARTS) is 1. The molecule has 18 heavy (non-hydrogen) atoms. The highest BCUT2D eigenvalue weighted by atomic mass is 16.4. The van der Waals surface area contributed by atoms with Crippen LogP contribution in [0.25, 0.3) is 0 Å².